The van der Waals surface area contributed by atoms with Gasteiger partial charge in [0.15, 0.2) is 0 Å². The highest BCUT2D eigenvalue weighted by atomic mass is 79.9. The van der Waals surface area contributed by atoms with Crippen LogP contribution in [0.5, 0.6) is 0 Å². The van der Waals surface area contributed by atoms with E-state index in [0.29, 0.717) is 12.0 Å². The van der Waals surface area contributed by atoms with Crippen molar-refractivity contribution in [2.45, 2.75) is 40.2 Å². The number of nitrogens with zero attached hydrogens (tertiary/aromatic N) is 1. The normalized spacial score (nSPS) is 12.9. The monoisotopic (exact) mass is 270 g/mol. The first-order valence-electron chi connectivity index (χ1n) is 5.37. The molecular weight excluding hydrogens is 252 g/mol. The van der Waals surface area contributed by atoms with Crippen molar-refractivity contribution in [3.63, 3.8) is 0 Å². The van der Waals surface area contributed by atoms with Gasteiger partial charge in [-0.2, -0.15) is 0 Å². The molecule has 1 aromatic heterocycles. The standard InChI is InChI=1S/C12H19BrN2/c1-8(2)5-10(4)15-12-6-9(3)11(13)7-14-12/h6-8,10H,5H2,1-4H3,(H,14,15). The summed E-state index contributed by atoms with van der Waals surface area (Å²) in [6, 6.07) is 2.54. The maximum atomic E-state index is 4.33. The predicted molar refractivity (Wildman–Crippen MR) is 69.2 cm³/mol. The van der Waals surface area contributed by atoms with Crippen LogP contribution in [0, 0.1) is 12.8 Å². The van der Waals surface area contributed by atoms with Gasteiger partial charge in [0.2, 0.25) is 0 Å². The molecule has 1 rings (SSSR count). The van der Waals surface area contributed by atoms with E-state index < -0.39 is 0 Å². The number of pyridine rings is 1. The summed E-state index contributed by atoms with van der Waals surface area (Å²) >= 11 is 3.45. The SMILES string of the molecule is Cc1cc(NC(C)CC(C)C)ncc1Br. The minimum absolute atomic E-state index is 0.470. The van der Waals surface area contributed by atoms with Crippen LogP contribution in [0.15, 0.2) is 16.7 Å². The van der Waals surface area contributed by atoms with Crippen LogP contribution in [-0.2, 0) is 0 Å². The van der Waals surface area contributed by atoms with Crippen molar-refractivity contribution in [3.05, 3.63) is 22.3 Å². The molecule has 1 N–H and O–H groups in total. The zero-order valence-corrected chi connectivity index (χ0v) is 11.4. The summed E-state index contributed by atoms with van der Waals surface area (Å²) in [5, 5.41) is 3.41. The largest absolute Gasteiger partial charge is 0.368 e. The molecule has 0 spiro atoms. The van der Waals surface area contributed by atoms with Crippen LogP contribution in [0.4, 0.5) is 5.82 Å². The van der Waals surface area contributed by atoms with Crippen LogP contribution in [0.1, 0.15) is 32.8 Å². The first-order valence-corrected chi connectivity index (χ1v) is 6.17. The first-order chi connectivity index (χ1) is 6.99. The van der Waals surface area contributed by atoms with Crippen molar-refractivity contribution >= 4 is 21.7 Å². The predicted octanol–water partition coefficient (Wildman–Crippen LogP) is 4.00. The molecule has 1 unspecified atom stereocenters. The molecule has 0 saturated heterocycles. The molecule has 0 aliphatic rings. The Hall–Kier alpha value is -0.570. The third kappa shape index (κ3) is 4.20. The number of hydrogen-bond acceptors (Lipinski definition) is 2. The molecule has 1 atom stereocenters. The van der Waals surface area contributed by atoms with Crippen LogP contribution in [0.2, 0.25) is 0 Å². The van der Waals surface area contributed by atoms with Crippen LogP contribution >= 0.6 is 15.9 Å². The minimum atomic E-state index is 0.470. The summed E-state index contributed by atoms with van der Waals surface area (Å²) < 4.78 is 1.06. The zero-order chi connectivity index (χ0) is 11.4. The molecule has 1 aromatic rings. The van der Waals surface area contributed by atoms with E-state index in [9.17, 15) is 0 Å². The molecule has 84 valence electrons. The molecule has 0 aromatic carbocycles. The Labute approximate surface area is 101 Å². The minimum Gasteiger partial charge on any atom is -0.368 e. The van der Waals surface area contributed by atoms with Crippen molar-refractivity contribution < 1.29 is 0 Å². The van der Waals surface area contributed by atoms with Gasteiger partial charge in [0.1, 0.15) is 5.82 Å². The van der Waals surface area contributed by atoms with Gasteiger partial charge in [-0.05, 0) is 53.7 Å². The summed E-state index contributed by atoms with van der Waals surface area (Å²) in [6.45, 7) is 8.74. The average Bonchev–Trinajstić information content (AvgIpc) is 2.10. The average molecular weight is 271 g/mol. The topological polar surface area (TPSA) is 24.9 Å². The van der Waals surface area contributed by atoms with Gasteiger partial charge in [-0.25, -0.2) is 4.98 Å². The second kappa shape index (κ2) is 5.50. The van der Waals surface area contributed by atoms with Gasteiger partial charge in [-0.3, -0.25) is 0 Å². The molecule has 0 saturated carbocycles. The van der Waals surface area contributed by atoms with Crippen molar-refractivity contribution in [3.8, 4) is 0 Å². The fourth-order valence-electron chi connectivity index (χ4n) is 1.64. The number of rotatable bonds is 4. The van der Waals surface area contributed by atoms with E-state index in [1.807, 2.05) is 6.20 Å². The third-order valence-corrected chi connectivity index (χ3v) is 3.10. The zero-order valence-electron chi connectivity index (χ0n) is 9.84. The maximum absolute atomic E-state index is 4.33. The van der Waals surface area contributed by atoms with Gasteiger partial charge in [-0.1, -0.05) is 13.8 Å². The summed E-state index contributed by atoms with van der Waals surface area (Å²) in [5.41, 5.74) is 1.21. The lowest BCUT2D eigenvalue weighted by atomic mass is 10.1. The van der Waals surface area contributed by atoms with E-state index in [1.165, 1.54) is 5.56 Å². The molecular formula is C12H19BrN2. The van der Waals surface area contributed by atoms with Gasteiger partial charge < -0.3 is 5.32 Å². The Morgan fingerprint density at radius 1 is 1.40 bits per heavy atom. The van der Waals surface area contributed by atoms with Crippen LogP contribution in [0.25, 0.3) is 0 Å². The second-order valence-corrected chi connectivity index (χ2v) is 5.35. The van der Waals surface area contributed by atoms with Gasteiger partial charge in [0.05, 0.1) is 0 Å². The van der Waals surface area contributed by atoms with E-state index >= 15 is 0 Å². The number of halogens is 1. The summed E-state index contributed by atoms with van der Waals surface area (Å²) in [5.74, 6) is 1.67. The smallest absolute Gasteiger partial charge is 0.126 e. The summed E-state index contributed by atoms with van der Waals surface area (Å²) in [6.07, 6.45) is 3.01. The highest BCUT2D eigenvalue weighted by Crippen LogP contribution is 2.18. The quantitative estimate of drug-likeness (QED) is 0.895. The fourth-order valence-corrected chi connectivity index (χ4v) is 1.85. The van der Waals surface area contributed by atoms with Gasteiger partial charge >= 0.3 is 0 Å². The number of hydrogen-bond donors (Lipinski definition) is 1. The number of aromatic nitrogens is 1. The Morgan fingerprint density at radius 3 is 2.60 bits per heavy atom. The van der Waals surface area contributed by atoms with Crippen LogP contribution < -0.4 is 5.32 Å². The van der Waals surface area contributed by atoms with Crippen molar-refractivity contribution in [2.24, 2.45) is 5.92 Å². The third-order valence-electron chi connectivity index (χ3n) is 2.27. The first kappa shape index (κ1) is 12.5. The number of aryl methyl sites for hydroxylation is 1. The Bertz CT molecular complexity index is 323. The van der Waals surface area contributed by atoms with E-state index in [2.05, 4.69) is 60.0 Å². The van der Waals surface area contributed by atoms with E-state index in [-0.39, 0.29) is 0 Å². The van der Waals surface area contributed by atoms with Crippen molar-refractivity contribution in [1.82, 2.24) is 4.98 Å². The fraction of sp³-hybridized carbons (Fsp3) is 0.583. The molecule has 3 heteroatoms. The van der Waals surface area contributed by atoms with Gasteiger partial charge in [0, 0.05) is 16.7 Å². The number of nitrogens with one attached hydrogen (secondary N) is 1. The molecule has 1 heterocycles. The molecule has 0 amide bonds. The highest BCUT2D eigenvalue weighted by Gasteiger charge is 2.06. The lowest BCUT2D eigenvalue weighted by Gasteiger charge is -2.16. The molecule has 0 aliphatic heterocycles. The molecule has 0 bridgehead atoms. The van der Waals surface area contributed by atoms with Crippen LogP contribution in [-0.4, -0.2) is 11.0 Å². The van der Waals surface area contributed by atoms with Crippen molar-refractivity contribution in [1.29, 1.82) is 0 Å². The summed E-state index contributed by atoms with van der Waals surface area (Å²) in [7, 11) is 0. The lowest BCUT2D eigenvalue weighted by Crippen LogP contribution is -2.18. The molecule has 2 nitrogen and oxygen atoms in total. The molecule has 15 heavy (non-hydrogen) atoms. The Balaban J connectivity index is 2.60. The van der Waals surface area contributed by atoms with E-state index in [0.717, 1.165) is 16.7 Å². The van der Waals surface area contributed by atoms with Crippen LogP contribution in [0.3, 0.4) is 0 Å². The Morgan fingerprint density at radius 2 is 2.07 bits per heavy atom. The lowest BCUT2D eigenvalue weighted by molar-refractivity contribution is 0.539. The highest BCUT2D eigenvalue weighted by molar-refractivity contribution is 9.10. The molecule has 0 fully saturated rings. The second-order valence-electron chi connectivity index (χ2n) is 4.49. The van der Waals surface area contributed by atoms with Crippen molar-refractivity contribution in [2.75, 3.05) is 5.32 Å². The van der Waals surface area contributed by atoms with Gasteiger partial charge in [-0.15, -0.1) is 0 Å². The molecule has 0 radical (unpaired) electrons. The van der Waals surface area contributed by atoms with Gasteiger partial charge in [0.25, 0.3) is 0 Å². The summed E-state index contributed by atoms with van der Waals surface area (Å²) in [4.78, 5) is 4.33. The molecule has 0 aliphatic carbocycles. The maximum Gasteiger partial charge on any atom is 0.126 e. The number of anilines is 1. The van der Waals surface area contributed by atoms with E-state index in [4.69, 9.17) is 0 Å². The Kier molecular flexibility index (Phi) is 4.58. The van der Waals surface area contributed by atoms with E-state index in [1.54, 1.807) is 0 Å².